The lowest BCUT2D eigenvalue weighted by atomic mass is 9.68. The molecule has 1 heteroatoms. The summed E-state index contributed by atoms with van der Waals surface area (Å²) in [5, 5.41) is 0.356. The SMILES string of the molecule is Cc1cc(C)cc(CC2CC(C(C)(C)C)CCC2Cl)c1. The first-order chi connectivity index (χ1) is 9.25. The van der Waals surface area contributed by atoms with E-state index in [1.54, 1.807) is 0 Å². The molecule has 0 N–H and O–H groups in total. The summed E-state index contributed by atoms with van der Waals surface area (Å²) < 4.78 is 0. The van der Waals surface area contributed by atoms with Crippen LogP contribution in [0.15, 0.2) is 18.2 Å². The first kappa shape index (κ1) is 15.9. The molecule has 2 rings (SSSR count). The zero-order valence-corrected chi connectivity index (χ0v) is 14.4. The molecule has 1 aliphatic carbocycles. The molecule has 3 atom stereocenters. The third-order valence-electron chi connectivity index (χ3n) is 4.89. The van der Waals surface area contributed by atoms with Crippen LogP contribution >= 0.6 is 11.6 Å². The van der Waals surface area contributed by atoms with E-state index in [4.69, 9.17) is 11.6 Å². The number of hydrogen-bond acceptors (Lipinski definition) is 0. The van der Waals surface area contributed by atoms with Gasteiger partial charge in [0.2, 0.25) is 0 Å². The monoisotopic (exact) mass is 292 g/mol. The number of aryl methyl sites for hydroxylation is 2. The van der Waals surface area contributed by atoms with Crippen LogP contribution in [0.1, 0.15) is 56.7 Å². The van der Waals surface area contributed by atoms with Gasteiger partial charge in [-0.25, -0.2) is 0 Å². The van der Waals surface area contributed by atoms with Crippen molar-refractivity contribution in [3.8, 4) is 0 Å². The minimum atomic E-state index is 0.356. The molecule has 1 saturated carbocycles. The van der Waals surface area contributed by atoms with Gasteiger partial charge in [0, 0.05) is 5.38 Å². The Hall–Kier alpha value is -0.490. The van der Waals surface area contributed by atoms with Crippen LogP contribution < -0.4 is 0 Å². The maximum absolute atomic E-state index is 6.63. The molecule has 112 valence electrons. The van der Waals surface area contributed by atoms with Gasteiger partial charge in [-0.2, -0.15) is 0 Å². The van der Waals surface area contributed by atoms with Gasteiger partial charge >= 0.3 is 0 Å². The van der Waals surface area contributed by atoms with Gasteiger partial charge in [-0.3, -0.25) is 0 Å². The third-order valence-corrected chi connectivity index (χ3v) is 5.47. The molecule has 0 radical (unpaired) electrons. The highest BCUT2D eigenvalue weighted by molar-refractivity contribution is 6.20. The van der Waals surface area contributed by atoms with Crippen LogP contribution in [0.3, 0.4) is 0 Å². The fourth-order valence-corrected chi connectivity index (χ4v) is 4.03. The Balaban J connectivity index is 2.10. The van der Waals surface area contributed by atoms with E-state index in [-0.39, 0.29) is 0 Å². The standard InChI is InChI=1S/C19H29Cl/c1-13-8-14(2)10-15(9-13)11-16-12-17(19(3,4)5)6-7-18(16)20/h8-10,16-18H,6-7,11-12H2,1-5H3. The van der Waals surface area contributed by atoms with E-state index < -0.39 is 0 Å². The Morgan fingerprint density at radius 2 is 1.65 bits per heavy atom. The molecule has 1 aromatic carbocycles. The molecular formula is C19H29Cl. The Kier molecular flexibility index (Phi) is 4.84. The highest BCUT2D eigenvalue weighted by atomic mass is 35.5. The van der Waals surface area contributed by atoms with E-state index in [1.807, 2.05) is 0 Å². The fraction of sp³-hybridized carbons (Fsp3) is 0.684. The molecule has 0 spiro atoms. The van der Waals surface area contributed by atoms with Gasteiger partial charge in [-0.15, -0.1) is 11.6 Å². The lowest BCUT2D eigenvalue weighted by Crippen LogP contribution is -2.33. The summed E-state index contributed by atoms with van der Waals surface area (Å²) in [5.74, 6) is 1.45. The van der Waals surface area contributed by atoms with E-state index in [0.717, 1.165) is 12.3 Å². The highest BCUT2D eigenvalue weighted by Gasteiger charge is 2.34. The van der Waals surface area contributed by atoms with Gasteiger partial charge in [0.1, 0.15) is 0 Å². The highest BCUT2D eigenvalue weighted by Crippen LogP contribution is 2.43. The van der Waals surface area contributed by atoms with Crippen LogP contribution in [0.25, 0.3) is 0 Å². The number of rotatable bonds is 2. The molecule has 0 saturated heterocycles. The lowest BCUT2D eigenvalue weighted by Gasteiger charge is -2.40. The van der Waals surface area contributed by atoms with Gasteiger partial charge in [0.15, 0.2) is 0 Å². The topological polar surface area (TPSA) is 0 Å². The molecule has 20 heavy (non-hydrogen) atoms. The van der Waals surface area contributed by atoms with E-state index in [0.29, 0.717) is 16.7 Å². The summed E-state index contributed by atoms with van der Waals surface area (Å²) in [6.45, 7) is 11.5. The van der Waals surface area contributed by atoms with E-state index in [9.17, 15) is 0 Å². The van der Waals surface area contributed by atoms with E-state index in [2.05, 4.69) is 52.8 Å². The van der Waals surface area contributed by atoms with Gasteiger partial charge in [-0.1, -0.05) is 50.1 Å². The largest absolute Gasteiger partial charge is 0.123 e. The number of benzene rings is 1. The maximum atomic E-state index is 6.63. The van der Waals surface area contributed by atoms with Crippen molar-refractivity contribution in [2.24, 2.45) is 17.3 Å². The van der Waals surface area contributed by atoms with Crippen molar-refractivity contribution in [3.63, 3.8) is 0 Å². The molecule has 0 aromatic heterocycles. The van der Waals surface area contributed by atoms with Crippen LogP contribution in [0.4, 0.5) is 0 Å². The Morgan fingerprint density at radius 3 is 2.20 bits per heavy atom. The average molecular weight is 293 g/mol. The Morgan fingerprint density at radius 1 is 1.05 bits per heavy atom. The normalized spacial score (nSPS) is 27.6. The molecule has 1 aromatic rings. The van der Waals surface area contributed by atoms with Crippen LogP contribution in [0, 0.1) is 31.1 Å². The fourth-order valence-electron chi connectivity index (χ4n) is 3.71. The molecule has 1 fully saturated rings. The smallest absolute Gasteiger partial charge is 0.0367 e. The molecule has 1 aliphatic rings. The minimum Gasteiger partial charge on any atom is -0.123 e. The van der Waals surface area contributed by atoms with Crippen LogP contribution in [-0.2, 0) is 6.42 Å². The van der Waals surface area contributed by atoms with Crippen molar-refractivity contribution in [3.05, 3.63) is 34.9 Å². The van der Waals surface area contributed by atoms with E-state index >= 15 is 0 Å². The summed E-state index contributed by atoms with van der Waals surface area (Å²) in [7, 11) is 0. The predicted molar refractivity (Wildman–Crippen MR) is 89.5 cm³/mol. The third kappa shape index (κ3) is 4.01. The van der Waals surface area contributed by atoms with E-state index in [1.165, 1.54) is 36.0 Å². The summed E-state index contributed by atoms with van der Waals surface area (Å²) in [4.78, 5) is 0. The molecule has 0 aliphatic heterocycles. The summed E-state index contributed by atoms with van der Waals surface area (Å²) in [6.07, 6.45) is 4.90. The first-order valence-electron chi connectivity index (χ1n) is 7.97. The predicted octanol–water partition coefficient (Wildman–Crippen LogP) is 5.92. The van der Waals surface area contributed by atoms with Gasteiger partial charge in [0.25, 0.3) is 0 Å². The second-order valence-electron chi connectivity index (χ2n) is 7.85. The molecule has 0 heterocycles. The van der Waals surface area contributed by atoms with Gasteiger partial charge < -0.3 is 0 Å². The van der Waals surface area contributed by atoms with Crippen molar-refractivity contribution < 1.29 is 0 Å². The molecular weight excluding hydrogens is 264 g/mol. The van der Waals surface area contributed by atoms with Gasteiger partial charge in [0.05, 0.1) is 0 Å². The summed E-state index contributed by atoms with van der Waals surface area (Å²) in [5.41, 5.74) is 4.62. The molecule has 3 unspecified atom stereocenters. The minimum absolute atomic E-state index is 0.356. The quantitative estimate of drug-likeness (QED) is 0.594. The number of hydrogen-bond donors (Lipinski definition) is 0. The number of halogens is 1. The second-order valence-corrected chi connectivity index (χ2v) is 8.41. The zero-order chi connectivity index (χ0) is 14.9. The second kappa shape index (κ2) is 6.10. The lowest BCUT2D eigenvalue weighted by molar-refractivity contribution is 0.144. The molecule has 0 amide bonds. The van der Waals surface area contributed by atoms with Crippen molar-refractivity contribution in [1.82, 2.24) is 0 Å². The first-order valence-corrected chi connectivity index (χ1v) is 8.40. The number of alkyl halides is 1. The zero-order valence-electron chi connectivity index (χ0n) is 13.7. The average Bonchev–Trinajstić information content (AvgIpc) is 2.29. The maximum Gasteiger partial charge on any atom is 0.0367 e. The van der Waals surface area contributed by atoms with Crippen molar-refractivity contribution in [2.75, 3.05) is 0 Å². The van der Waals surface area contributed by atoms with Gasteiger partial charge in [-0.05, 0) is 62.3 Å². The Labute approximate surface area is 129 Å². The van der Waals surface area contributed by atoms with Crippen LogP contribution in [0.2, 0.25) is 0 Å². The Bertz CT molecular complexity index is 435. The molecule has 0 bridgehead atoms. The van der Waals surface area contributed by atoms with Crippen molar-refractivity contribution >= 4 is 11.6 Å². The van der Waals surface area contributed by atoms with Crippen molar-refractivity contribution in [2.45, 2.75) is 65.7 Å². The van der Waals surface area contributed by atoms with Crippen molar-refractivity contribution in [1.29, 1.82) is 0 Å². The summed E-state index contributed by atoms with van der Waals surface area (Å²) >= 11 is 6.63. The van der Waals surface area contributed by atoms with Crippen LogP contribution in [-0.4, -0.2) is 5.38 Å². The summed E-state index contributed by atoms with van der Waals surface area (Å²) in [6, 6.07) is 6.91. The van der Waals surface area contributed by atoms with Crippen LogP contribution in [0.5, 0.6) is 0 Å². The molecule has 0 nitrogen and oxygen atoms in total.